The number of nitrogens with one attached hydrogen (secondary N) is 2. The molecular weight excluding hydrogens is 302 g/mol. The molecule has 2 atom stereocenters. The maximum atomic E-state index is 12.4. The molecule has 0 radical (unpaired) electrons. The van der Waals surface area contributed by atoms with E-state index in [9.17, 15) is 19.2 Å². The largest absolute Gasteiger partial charge is 0.480 e. The molecule has 8 heteroatoms. The SMILES string of the molecule is CC(C)C[C@H](NC(=O)CN1C(=O)N[C@](C)(C2CC2)C1=O)C(=O)O. The van der Waals surface area contributed by atoms with Crippen LogP contribution in [0.25, 0.3) is 0 Å². The number of hydrogen-bond donors (Lipinski definition) is 3. The molecule has 8 nitrogen and oxygen atoms in total. The van der Waals surface area contributed by atoms with E-state index in [2.05, 4.69) is 10.6 Å². The van der Waals surface area contributed by atoms with Gasteiger partial charge in [0.05, 0.1) is 0 Å². The Kier molecular flexibility index (Phi) is 4.63. The van der Waals surface area contributed by atoms with Crippen molar-refractivity contribution in [1.82, 2.24) is 15.5 Å². The van der Waals surface area contributed by atoms with Gasteiger partial charge in [-0.1, -0.05) is 13.8 Å². The Morgan fingerprint density at radius 3 is 2.48 bits per heavy atom. The molecule has 1 saturated carbocycles. The zero-order valence-electron chi connectivity index (χ0n) is 13.6. The Balaban J connectivity index is 1.98. The first-order chi connectivity index (χ1) is 10.6. The van der Waals surface area contributed by atoms with Crippen molar-refractivity contribution in [3.63, 3.8) is 0 Å². The van der Waals surface area contributed by atoms with Crippen molar-refractivity contribution in [2.45, 2.75) is 51.6 Å². The smallest absolute Gasteiger partial charge is 0.326 e. The topological polar surface area (TPSA) is 116 Å². The van der Waals surface area contributed by atoms with Crippen LogP contribution in [0.1, 0.15) is 40.0 Å². The summed E-state index contributed by atoms with van der Waals surface area (Å²) in [5.41, 5.74) is -0.943. The Hall–Kier alpha value is -2.12. The molecule has 2 fully saturated rings. The zero-order valence-corrected chi connectivity index (χ0v) is 13.6. The van der Waals surface area contributed by atoms with Crippen LogP contribution in [0.15, 0.2) is 0 Å². The van der Waals surface area contributed by atoms with Crippen molar-refractivity contribution in [2.75, 3.05) is 6.54 Å². The van der Waals surface area contributed by atoms with Crippen molar-refractivity contribution >= 4 is 23.8 Å². The van der Waals surface area contributed by atoms with Crippen LogP contribution in [-0.2, 0) is 14.4 Å². The van der Waals surface area contributed by atoms with Crippen LogP contribution in [0.2, 0.25) is 0 Å². The van der Waals surface area contributed by atoms with Gasteiger partial charge in [-0.15, -0.1) is 0 Å². The molecular formula is C15H23N3O5. The van der Waals surface area contributed by atoms with Gasteiger partial charge in [0.15, 0.2) is 0 Å². The van der Waals surface area contributed by atoms with Gasteiger partial charge >= 0.3 is 12.0 Å². The summed E-state index contributed by atoms with van der Waals surface area (Å²) < 4.78 is 0. The summed E-state index contributed by atoms with van der Waals surface area (Å²) in [4.78, 5) is 48.4. The number of hydrogen-bond acceptors (Lipinski definition) is 4. The number of urea groups is 1. The molecule has 23 heavy (non-hydrogen) atoms. The van der Waals surface area contributed by atoms with E-state index in [1.807, 2.05) is 13.8 Å². The van der Waals surface area contributed by atoms with Gasteiger partial charge in [0.1, 0.15) is 18.1 Å². The molecule has 2 rings (SSSR count). The van der Waals surface area contributed by atoms with Gasteiger partial charge in [-0.3, -0.25) is 14.5 Å². The quantitative estimate of drug-likeness (QED) is 0.583. The van der Waals surface area contributed by atoms with Gasteiger partial charge in [0, 0.05) is 0 Å². The third-order valence-electron chi connectivity index (χ3n) is 4.34. The van der Waals surface area contributed by atoms with Crippen LogP contribution in [-0.4, -0.2) is 51.9 Å². The first kappa shape index (κ1) is 17.2. The summed E-state index contributed by atoms with van der Waals surface area (Å²) in [5.74, 6) is -2.00. The van der Waals surface area contributed by atoms with E-state index < -0.39 is 41.9 Å². The van der Waals surface area contributed by atoms with E-state index in [1.165, 1.54) is 0 Å². The predicted octanol–water partition coefficient (Wildman–Crippen LogP) is 0.322. The number of carboxylic acid groups (broad SMARTS) is 1. The normalized spacial score (nSPS) is 25.5. The summed E-state index contributed by atoms with van der Waals surface area (Å²) in [6, 6.07) is -1.63. The highest BCUT2D eigenvalue weighted by molar-refractivity contribution is 6.09. The first-order valence-electron chi connectivity index (χ1n) is 7.81. The lowest BCUT2D eigenvalue weighted by Crippen LogP contribution is -2.49. The fraction of sp³-hybridized carbons (Fsp3) is 0.733. The maximum absolute atomic E-state index is 12.4. The fourth-order valence-corrected chi connectivity index (χ4v) is 2.87. The second-order valence-corrected chi connectivity index (χ2v) is 6.89. The molecule has 1 aliphatic heterocycles. The molecule has 1 aliphatic carbocycles. The molecule has 0 unspecified atom stereocenters. The maximum Gasteiger partial charge on any atom is 0.326 e. The highest BCUT2D eigenvalue weighted by atomic mass is 16.4. The van der Waals surface area contributed by atoms with E-state index in [4.69, 9.17) is 5.11 Å². The van der Waals surface area contributed by atoms with Crippen LogP contribution >= 0.6 is 0 Å². The van der Waals surface area contributed by atoms with Crippen molar-refractivity contribution in [3.8, 4) is 0 Å². The van der Waals surface area contributed by atoms with Crippen LogP contribution in [0.3, 0.4) is 0 Å². The van der Waals surface area contributed by atoms with Crippen molar-refractivity contribution in [2.24, 2.45) is 11.8 Å². The van der Waals surface area contributed by atoms with Crippen LogP contribution in [0.5, 0.6) is 0 Å². The number of imide groups is 1. The lowest BCUT2D eigenvalue weighted by Gasteiger charge is -2.21. The van der Waals surface area contributed by atoms with Gasteiger partial charge in [-0.2, -0.15) is 0 Å². The van der Waals surface area contributed by atoms with Gasteiger partial charge in [0.2, 0.25) is 5.91 Å². The lowest BCUT2D eigenvalue weighted by atomic mass is 9.96. The van der Waals surface area contributed by atoms with Crippen LogP contribution in [0.4, 0.5) is 4.79 Å². The summed E-state index contributed by atoms with van der Waals surface area (Å²) in [7, 11) is 0. The Morgan fingerprint density at radius 2 is 2.00 bits per heavy atom. The molecule has 0 spiro atoms. The summed E-state index contributed by atoms with van der Waals surface area (Å²) in [5, 5.41) is 14.1. The molecule has 1 saturated heterocycles. The fourth-order valence-electron chi connectivity index (χ4n) is 2.87. The molecule has 0 aromatic rings. The van der Waals surface area contributed by atoms with Crippen molar-refractivity contribution < 1.29 is 24.3 Å². The van der Waals surface area contributed by atoms with E-state index >= 15 is 0 Å². The second-order valence-electron chi connectivity index (χ2n) is 6.89. The van der Waals surface area contributed by atoms with Crippen molar-refractivity contribution in [3.05, 3.63) is 0 Å². The molecule has 0 aromatic heterocycles. The Labute approximate surface area is 134 Å². The summed E-state index contributed by atoms with van der Waals surface area (Å²) in [6.45, 7) is 4.90. The van der Waals surface area contributed by atoms with Gasteiger partial charge in [0.25, 0.3) is 5.91 Å². The third-order valence-corrected chi connectivity index (χ3v) is 4.34. The number of rotatable bonds is 7. The minimum atomic E-state index is -1.13. The number of carboxylic acids is 1. The highest BCUT2D eigenvalue weighted by Crippen LogP contribution is 2.42. The molecule has 0 bridgehead atoms. The minimum absolute atomic E-state index is 0.0891. The average Bonchev–Trinajstić information content (AvgIpc) is 3.24. The van der Waals surface area contributed by atoms with E-state index in [-0.39, 0.29) is 18.3 Å². The molecule has 2 aliphatic rings. The molecule has 3 N–H and O–H groups in total. The molecule has 0 aromatic carbocycles. The minimum Gasteiger partial charge on any atom is -0.480 e. The summed E-state index contributed by atoms with van der Waals surface area (Å²) >= 11 is 0. The zero-order chi connectivity index (χ0) is 17.4. The average molecular weight is 325 g/mol. The lowest BCUT2D eigenvalue weighted by molar-refractivity contribution is -0.142. The van der Waals surface area contributed by atoms with Gasteiger partial charge < -0.3 is 15.7 Å². The Morgan fingerprint density at radius 1 is 1.39 bits per heavy atom. The molecule has 4 amide bonds. The number of amides is 4. The standard InChI is InChI=1S/C15H23N3O5/c1-8(2)6-10(12(20)21)16-11(19)7-18-13(22)15(3,9-4-5-9)17-14(18)23/h8-10H,4-7H2,1-3H3,(H,16,19)(H,17,23)(H,20,21)/t10-,15+/m0/s1. The first-order valence-corrected chi connectivity index (χ1v) is 7.81. The molecule has 1 heterocycles. The Bertz CT molecular complexity index is 543. The number of carbonyl (C=O) groups is 4. The van der Waals surface area contributed by atoms with E-state index in [0.29, 0.717) is 0 Å². The predicted molar refractivity (Wildman–Crippen MR) is 80.4 cm³/mol. The van der Waals surface area contributed by atoms with E-state index in [0.717, 1.165) is 17.7 Å². The van der Waals surface area contributed by atoms with Gasteiger partial charge in [-0.05, 0) is 38.0 Å². The third kappa shape index (κ3) is 3.62. The van der Waals surface area contributed by atoms with Crippen molar-refractivity contribution in [1.29, 1.82) is 0 Å². The number of carbonyl (C=O) groups excluding carboxylic acids is 3. The summed E-state index contributed by atoms with van der Waals surface area (Å²) in [6.07, 6.45) is 2.02. The number of aliphatic carboxylic acids is 1. The van der Waals surface area contributed by atoms with Crippen LogP contribution in [0, 0.1) is 11.8 Å². The van der Waals surface area contributed by atoms with Crippen LogP contribution < -0.4 is 10.6 Å². The van der Waals surface area contributed by atoms with Gasteiger partial charge in [-0.25, -0.2) is 9.59 Å². The monoisotopic (exact) mass is 325 g/mol. The highest BCUT2D eigenvalue weighted by Gasteiger charge is 2.56. The second kappa shape index (κ2) is 6.17. The number of nitrogens with zero attached hydrogens (tertiary/aromatic N) is 1. The molecule has 128 valence electrons. The van der Waals surface area contributed by atoms with E-state index in [1.54, 1.807) is 6.92 Å².